The van der Waals surface area contributed by atoms with Gasteiger partial charge in [-0.1, -0.05) is 12.1 Å². The SMILES string of the molecule is CCNC(=O)N1CCOc2ccccc21. The van der Waals surface area contributed by atoms with Gasteiger partial charge in [0, 0.05) is 6.54 Å². The van der Waals surface area contributed by atoms with Crippen LogP contribution in [0.5, 0.6) is 5.75 Å². The van der Waals surface area contributed by atoms with E-state index < -0.39 is 0 Å². The average Bonchev–Trinajstić information content (AvgIpc) is 2.28. The molecule has 2 amide bonds. The number of fused-ring (bicyclic) bond motifs is 1. The Balaban J connectivity index is 2.25. The number of nitrogens with zero attached hydrogens (tertiary/aromatic N) is 1. The minimum absolute atomic E-state index is 0.0618. The molecule has 15 heavy (non-hydrogen) atoms. The second kappa shape index (κ2) is 4.21. The van der Waals surface area contributed by atoms with Gasteiger partial charge in [0.15, 0.2) is 0 Å². The number of benzene rings is 1. The number of carbonyl (C=O) groups excluding carboxylic acids is 1. The topological polar surface area (TPSA) is 41.6 Å². The maximum atomic E-state index is 11.7. The molecule has 80 valence electrons. The van der Waals surface area contributed by atoms with Crippen molar-refractivity contribution in [1.29, 1.82) is 0 Å². The van der Waals surface area contributed by atoms with E-state index in [4.69, 9.17) is 4.74 Å². The van der Waals surface area contributed by atoms with E-state index in [1.807, 2.05) is 31.2 Å². The Morgan fingerprint density at radius 2 is 2.33 bits per heavy atom. The maximum absolute atomic E-state index is 11.7. The summed E-state index contributed by atoms with van der Waals surface area (Å²) in [5.74, 6) is 0.773. The molecule has 1 aliphatic rings. The van der Waals surface area contributed by atoms with Crippen LogP contribution in [0.3, 0.4) is 0 Å². The molecule has 0 saturated carbocycles. The molecular formula is C11H14N2O2. The lowest BCUT2D eigenvalue weighted by Crippen LogP contribution is -2.44. The molecule has 0 bridgehead atoms. The fourth-order valence-electron chi connectivity index (χ4n) is 1.63. The summed E-state index contributed by atoms with van der Waals surface area (Å²) in [5.41, 5.74) is 0.842. The molecule has 1 aliphatic heterocycles. The number of urea groups is 1. The molecule has 2 rings (SSSR count). The maximum Gasteiger partial charge on any atom is 0.322 e. The van der Waals surface area contributed by atoms with E-state index in [9.17, 15) is 4.79 Å². The number of hydrogen-bond donors (Lipinski definition) is 1. The van der Waals surface area contributed by atoms with Crippen LogP contribution in [0.2, 0.25) is 0 Å². The highest BCUT2D eigenvalue weighted by molar-refractivity contribution is 5.93. The van der Waals surface area contributed by atoms with Gasteiger partial charge in [-0.2, -0.15) is 0 Å². The number of para-hydroxylation sites is 2. The number of carbonyl (C=O) groups is 1. The van der Waals surface area contributed by atoms with E-state index in [0.29, 0.717) is 19.7 Å². The predicted molar refractivity (Wildman–Crippen MR) is 58.4 cm³/mol. The number of rotatable bonds is 1. The monoisotopic (exact) mass is 206 g/mol. The Morgan fingerprint density at radius 1 is 1.53 bits per heavy atom. The van der Waals surface area contributed by atoms with Crippen LogP contribution in [-0.4, -0.2) is 25.7 Å². The van der Waals surface area contributed by atoms with Crippen LogP contribution in [0.25, 0.3) is 0 Å². The van der Waals surface area contributed by atoms with Crippen molar-refractivity contribution >= 4 is 11.7 Å². The standard InChI is InChI=1S/C11H14N2O2/c1-2-12-11(14)13-7-8-15-10-6-4-3-5-9(10)13/h3-6H,2,7-8H2,1H3,(H,12,14). The van der Waals surface area contributed by atoms with Gasteiger partial charge >= 0.3 is 6.03 Å². The first-order chi connectivity index (χ1) is 7.33. The van der Waals surface area contributed by atoms with Gasteiger partial charge in [0.25, 0.3) is 0 Å². The number of nitrogens with one attached hydrogen (secondary N) is 1. The molecule has 1 aromatic rings. The lowest BCUT2D eigenvalue weighted by Gasteiger charge is -2.29. The first-order valence-electron chi connectivity index (χ1n) is 5.10. The zero-order valence-electron chi connectivity index (χ0n) is 8.69. The summed E-state index contributed by atoms with van der Waals surface area (Å²) in [6.45, 7) is 3.69. The highest BCUT2D eigenvalue weighted by Crippen LogP contribution is 2.30. The lowest BCUT2D eigenvalue weighted by molar-refractivity contribution is 0.240. The fourth-order valence-corrected chi connectivity index (χ4v) is 1.63. The predicted octanol–water partition coefficient (Wildman–Crippen LogP) is 1.61. The summed E-state index contributed by atoms with van der Waals surface area (Å²) in [4.78, 5) is 13.4. The molecule has 0 spiro atoms. The molecule has 0 aromatic heterocycles. The molecular weight excluding hydrogens is 192 g/mol. The van der Waals surface area contributed by atoms with Gasteiger partial charge in [-0.25, -0.2) is 4.79 Å². The van der Waals surface area contributed by atoms with Gasteiger partial charge in [0.05, 0.1) is 12.2 Å². The van der Waals surface area contributed by atoms with Crippen LogP contribution in [-0.2, 0) is 0 Å². The summed E-state index contributed by atoms with van der Waals surface area (Å²) < 4.78 is 5.46. The zero-order chi connectivity index (χ0) is 10.7. The molecule has 0 radical (unpaired) electrons. The Hall–Kier alpha value is -1.71. The minimum Gasteiger partial charge on any atom is -0.490 e. The summed E-state index contributed by atoms with van der Waals surface area (Å²) in [7, 11) is 0. The van der Waals surface area contributed by atoms with Crippen molar-refractivity contribution in [3.05, 3.63) is 24.3 Å². The van der Waals surface area contributed by atoms with Crippen LogP contribution in [0.15, 0.2) is 24.3 Å². The number of anilines is 1. The molecule has 4 heteroatoms. The Kier molecular flexibility index (Phi) is 2.76. The molecule has 4 nitrogen and oxygen atoms in total. The fraction of sp³-hybridized carbons (Fsp3) is 0.364. The van der Waals surface area contributed by atoms with Crippen molar-refractivity contribution in [1.82, 2.24) is 5.32 Å². The second-order valence-corrected chi connectivity index (χ2v) is 3.30. The van der Waals surface area contributed by atoms with Gasteiger partial charge < -0.3 is 10.1 Å². The molecule has 0 saturated heterocycles. The highest BCUT2D eigenvalue weighted by Gasteiger charge is 2.22. The third-order valence-corrected chi connectivity index (χ3v) is 2.30. The van der Waals surface area contributed by atoms with Gasteiger partial charge in [0.2, 0.25) is 0 Å². The van der Waals surface area contributed by atoms with Crippen LogP contribution in [0, 0.1) is 0 Å². The quantitative estimate of drug-likeness (QED) is 0.758. The van der Waals surface area contributed by atoms with Crippen molar-refractivity contribution in [2.75, 3.05) is 24.6 Å². The van der Waals surface area contributed by atoms with E-state index in [0.717, 1.165) is 11.4 Å². The first kappa shape index (κ1) is 9.83. The molecule has 1 aromatic carbocycles. The summed E-state index contributed by atoms with van der Waals surface area (Å²) in [6.07, 6.45) is 0. The van der Waals surface area contributed by atoms with Crippen LogP contribution < -0.4 is 15.0 Å². The summed E-state index contributed by atoms with van der Waals surface area (Å²) in [6, 6.07) is 7.51. The largest absolute Gasteiger partial charge is 0.490 e. The van der Waals surface area contributed by atoms with Crippen molar-refractivity contribution in [2.45, 2.75) is 6.92 Å². The molecule has 0 atom stereocenters. The highest BCUT2D eigenvalue weighted by atomic mass is 16.5. The van der Waals surface area contributed by atoms with E-state index in [1.54, 1.807) is 4.90 Å². The van der Waals surface area contributed by atoms with Gasteiger partial charge in [-0.05, 0) is 19.1 Å². The molecule has 0 fully saturated rings. The molecule has 0 aliphatic carbocycles. The van der Waals surface area contributed by atoms with Crippen molar-refractivity contribution in [3.8, 4) is 5.75 Å². The van der Waals surface area contributed by atoms with E-state index >= 15 is 0 Å². The number of amides is 2. The van der Waals surface area contributed by atoms with Crippen LogP contribution >= 0.6 is 0 Å². The van der Waals surface area contributed by atoms with Crippen LogP contribution in [0.1, 0.15) is 6.92 Å². The molecule has 1 heterocycles. The van der Waals surface area contributed by atoms with Gasteiger partial charge in [-0.3, -0.25) is 4.90 Å². The summed E-state index contributed by atoms with van der Waals surface area (Å²) in [5, 5.41) is 2.79. The van der Waals surface area contributed by atoms with E-state index in [-0.39, 0.29) is 6.03 Å². The number of hydrogen-bond acceptors (Lipinski definition) is 2. The first-order valence-corrected chi connectivity index (χ1v) is 5.10. The smallest absolute Gasteiger partial charge is 0.322 e. The Morgan fingerprint density at radius 3 is 3.13 bits per heavy atom. The van der Waals surface area contributed by atoms with Crippen molar-refractivity contribution in [3.63, 3.8) is 0 Å². The Labute approximate surface area is 88.8 Å². The summed E-state index contributed by atoms with van der Waals surface area (Å²) >= 11 is 0. The second-order valence-electron chi connectivity index (χ2n) is 3.30. The van der Waals surface area contributed by atoms with E-state index in [2.05, 4.69) is 5.32 Å². The third-order valence-electron chi connectivity index (χ3n) is 2.30. The van der Waals surface area contributed by atoms with Gasteiger partial charge in [0.1, 0.15) is 12.4 Å². The Bertz CT molecular complexity index is 365. The molecule has 0 unspecified atom stereocenters. The lowest BCUT2D eigenvalue weighted by atomic mass is 10.2. The van der Waals surface area contributed by atoms with Crippen molar-refractivity contribution in [2.24, 2.45) is 0 Å². The number of ether oxygens (including phenoxy) is 1. The van der Waals surface area contributed by atoms with Crippen molar-refractivity contribution < 1.29 is 9.53 Å². The van der Waals surface area contributed by atoms with E-state index in [1.165, 1.54) is 0 Å². The van der Waals surface area contributed by atoms with Crippen LogP contribution in [0.4, 0.5) is 10.5 Å². The normalized spacial score (nSPS) is 14.1. The van der Waals surface area contributed by atoms with Gasteiger partial charge in [-0.15, -0.1) is 0 Å². The minimum atomic E-state index is -0.0618. The zero-order valence-corrected chi connectivity index (χ0v) is 8.69. The third kappa shape index (κ3) is 1.88. The molecule has 1 N–H and O–H groups in total. The average molecular weight is 206 g/mol.